The number of aryl methyl sites for hydroxylation is 1. The summed E-state index contributed by atoms with van der Waals surface area (Å²) in [4.78, 5) is 17.5. The maximum atomic E-state index is 13.4. The predicted octanol–water partition coefficient (Wildman–Crippen LogP) is 3.48. The van der Waals surface area contributed by atoms with Gasteiger partial charge in [0, 0.05) is 30.2 Å². The Morgan fingerprint density at radius 1 is 1.06 bits per heavy atom. The van der Waals surface area contributed by atoms with Gasteiger partial charge in [0.05, 0.1) is 10.6 Å². The Hall–Kier alpha value is -2.64. The predicted molar refractivity (Wildman–Crippen MR) is 127 cm³/mol. The van der Waals surface area contributed by atoms with Crippen LogP contribution in [0.5, 0.6) is 0 Å². The van der Waals surface area contributed by atoms with E-state index in [0.717, 1.165) is 42.6 Å². The van der Waals surface area contributed by atoms with Crippen LogP contribution in [0.15, 0.2) is 59.6 Å². The maximum absolute atomic E-state index is 13.4. The molecule has 170 valence electrons. The van der Waals surface area contributed by atoms with Gasteiger partial charge >= 0.3 is 0 Å². The smallest absolute Gasteiger partial charge is 0.242 e. The third kappa shape index (κ3) is 4.59. The summed E-state index contributed by atoms with van der Waals surface area (Å²) in [5, 5.41) is 0.663. The number of nitrogens with zero attached hydrogens (tertiary/aromatic N) is 3. The van der Waals surface area contributed by atoms with E-state index in [1.54, 1.807) is 10.8 Å². The number of carbonyl (C=O) groups excluding carboxylic acids is 1. The number of fused-ring (bicyclic) bond motifs is 1. The number of amides is 1. The molecule has 0 N–H and O–H groups in total. The fraction of sp³-hybridized carbons (Fsp3) is 0.400. The second-order valence-electron chi connectivity index (χ2n) is 8.86. The summed E-state index contributed by atoms with van der Waals surface area (Å²) in [5.74, 6) is -0.0555. The lowest BCUT2D eigenvalue weighted by Crippen LogP contribution is -2.45. The Kier molecular flexibility index (Phi) is 6.40. The lowest BCUT2D eigenvalue weighted by Gasteiger charge is -2.35. The first kappa shape index (κ1) is 22.6. The molecule has 1 amide bonds. The molecule has 1 fully saturated rings. The molecule has 0 radical (unpaired) electrons. The zero-order chi connectivity index (χ0) is 22.9. The van der Waals surface area contributed by atoms with Crippen LogP contribution in [0.3, 0.4) is 0 Å². The number of rotatable bonds is 6. The SMILES string of the molecule is Cc1ccccc1CS(=O)(=O)c1cn(CC(=O)N(C)C2CCN(C)CC2)c2ccccc12. The molecule has 1 aliphatic rings. The van der Waals surface area contributed by atoms with E-state index in [9.17, 15) is 13.2 Å². The molecule has 2 heterocycles. The van der Waals surface area contributed by atoms with Crippen molar-refractivity contribution in [2.75, 3.05) is 27.2 Å². The fourth-order valence-corrected chi connectivity index (χ4v) is 6.17. The summed E-state index contributed by atoms with van der Waals surface area (Å²) < 4.78 is 28.5. The third-order valence-electron chi connectivity index (χ3n) is 6.63. The molecule has 1 saturated heterocycles. The van der Waals surface area contributed by atoms with Crippen LogP contribution in [0.1, 0.15) is 24.0 Å². The lowest BCUT2D eigenvalue weighted by atomic mass is 10.0. The van der Waals surface area contributed by atoms with Gasteiger partial charge < -0.3 is 14.4 Å². The second kappa shape index (κ2) is 9.08. The number of likely N-dealkylation sites (N-methyl/N-ethyl adjacent to an activating group) is 1. The van der Waals surface area contributed by atoms with E-state index in [4.69, 9.17) is 0 Å². The van der Waals surface area contributed by atoms with Crippen LogP contribution in [-0.2, 0) is 26.9 Å². The molecule has 0 atom stereocenters. The Morgan fingerprint density at radius 3 is 2.44 bits per heavy atom. The van der Waals surface area contributed by atoms with E-state index in [0.29, 0.717) is 5.39 Å². The number of likely N-dealkylation sites (tertiary alicyclic amines) is 1. The first-order valence-corrected chi connectivity index (χ1v) is 12.7. The van der Waals surface area contributed by atoms with E-state index in [1.807, 2.05) is 67.4 Å². The summed E-state index contributed by atoms with van der Waals surface area (Å²) in [6, 6.07) is 15.2. The highest BCUT2D eigenvalue weighted by atomic mass is 32.2. The van der Waals surface area contributed by atoms with Crippen LogP contribution in [0, 0.1) is 6.92 Å². The van der Waals surface area contributed by atoms with Crippen molar-refractivity contribution in [3.05, 3.63) is 65.9 Å². The average molecular weight is 454 g/mol. The van der Waals surface area contributed by atoms with Gasteiger partial charge in [-0.3, -0.25) is 4.79 Å². The van der Waals surface area contributed by atoms with Crippen molar-refractivity contribution in [1.82, 2.24) is 14.4 Å². The monoisotopic (exact) mass is 453 g/mol. The van der Waals surface area contributed by atoms with Crippen molar-refractivity contribution in [2.24, 2.45) is 0 Å². The molecular weight excluding hydrogens is 422 g/mol. The van der Waals surface area contributed by atoms with Gasteiger partial charge in [-0.25, -0.2) is 8.42 Å². The third-order valence-corrected chi connectivity index (χ3v) is 8.32. The molecule has 0 spiro atoms. The molecule has 7 heteroatoms. The van der Waals surface area contributed by atoms with Gasteiger partial charge in [-0.2, -0.15) is 0 Å². The van der Waals surface area contributed by atoms with Crippen molar-refractivity contribution < 1.29 is 13.2 Å². The number of hydrogen-bond acceptors (Lipinski definition) is 4. The zero-order valence-corrected chi connectivity index (χ0v) is 19.8. The van der Waals surface area contributed by atoms with Crippen LogP contribution >= 0.6 is 0 Å². The second-order valence-corrected chi connectivity index (χ2v) is 10.8. The molecule has 2 aromatic carbocycles. The van der Waals surface area contributed by atoms with E-state index in [2.05, 4.69) is 11.9 Å². The van der Waals surface area contributed by atoms with Gasteiger partial charge in [0.1, 0.15) is 6.54 Å². The average Bonchev–Trinajstić information content (AvgIpc) is 3.15. The van der Waals surface area contributed by atoms with Gasteiger partial charge in [-0.05, 0) is 57.1 Å². The number of carbonyl (C=O) groups is 1. The highest BCUT2D eigenvalue weighted by molar-refractivity contribution is 7.90. The highest BCUT2D eigenvalue weighted by Crippen LogP contribution is 2.29. The molecular formula is C25H31N3O3S. The molecule has 3 aromatic rings. The largest absolute Gasteiger partial charge is 0.341 e. The molecule has 4 rings (SSSR count). The lowest BCUT2D eigenvalue weighted by molar-refractivity contribution is -0.133. The first-order chi connectivity index (χ1) is 15.3. The van der Waals surface area contributed by atoms with Crippen molar-refractivity contribution in [2.45, 2.75) is 43.0 Å². The minimum atomic E-state index is -3.58. The van der Waals surface area contributed by atoms with Crippen LogP contribution < -0.4 is 0 Å². The Balaban J connectivity index is 1.61. The van der Waals surface area contributed by atoms with Crippen molar-refractivity contribution >= 4 is 26.6 Å². The molecule has 0 saturated carbocycles. The Bertz CT molecular complexity index is 1220. The number of para-hydroxylation sites is 1. The Labute approximate surface area is 190 Å². The van der Waals surface area contributed by atoms with Gasteiger partial charge in [0.15, 0.2) is 9.84 Å². The van der Waals surface area contributed by atoms with E-state index in [1.165, 1.54) is 0 Å². The minimum Gasteiger partial charge on any atom is -0.341 e. The first-order valence-electron chi connectivity index (χ1n) is 11.1. The maximum Gasteiger partial charge on any atom is 0.242 e. The van der Waals surface area contributed by atoms with E-state index < -0.39 is 9.84 Å². The van der Waals surface area contributed by atoms with Gasteiger partial charge in [0.25, 0.3) is 0 Å². The summed E-state index contributed by atoms with van der Waals surface area (Å²) in [7, 11) is 0.386. The highest BCUT2D eigenvalue weighted by Gasteiger charge is 2.26. The molecule has 32 heavy (non-hydrogen) atoms. The molecule has 1 aromatic heterocycles. The Morgan fingerprint density at radius 2 is 1.72 bits per heavy atom. The van der Waals surface area contributed by atoms with Gasteiger partial charge in [-0.15, -0.1) is 0 Å². The molecule has 0 unspecified atom stereocenters. The summed E-state index contributed by atoms with van der Waals surface area (Å²) in [6.07, 6.45) is 3.56. The number of aromatic nitrogens is 1. The number of benzene rings is 2. The minimum absolute atomic E-state index is 0.00292. The van der Waals surface area contributed by atoms with Crippen molar-refractivity contribution in [3.8, 4) is 0 Å². The molecule has 0 aliphatic carbocycles. The van der Waals surface area contributed by atoms with Crippen LogP contribution in [-0.4, -0.2) is 61.9 Å². The fourth-order valence-electron chi connectivity index (χ4n) is 4.49. The summed E-state index contributed by atoms with van der Waals surface area (Å²) in [5.41, 5.74) is 2.51. The quantitative estimate of drug-likeness (QED) is 0.573. The van der Waals surface area contributed by atoms with Crippen molar-refractivity contribution in [1.29, 1.82) is 0 Å². The number of piperidine rings is 1. The van der Waals surface area contributed by atoms with E-state index >= 15 is 0 Å². The summed E-state index contributed by atoms with van der Waals surface area (Å²) in [6.45, 7) is 4.01. The normalized spacial score (nSPS) is 15.8. The van der Waals surface area contributed by atoms with E-state index in [-0.39, 0.29) is 29.1 Å². The standard InChI is InChI=1S/C25H31N3O3S/c1-19-8-4-5-9-20(19)18-32(30,31)24-16-28(23-11-7-6-10-22(23)24)17-25(29)27(3)21-12-14-26(2)15-13-21/h4-11,16,21H,12-15,17-18H2,1-3H3. The van der Waals surface area contributed by atoms with Gasteiger partial charge in [-0.1, -0.05) is 42.5 Å². The number of sulfone groups is 1. The molecule has 1 aliphatic heterocycles. The van der Waals surface area contributed by atoms with Crippen LogP contribution in [0.25, 0.3) is 10.9 Å². The van der Waals surface area contributed by atoms with Gasteiger partial charge in [0.2, 0.25) is 5.91 Å². The van der Waals surface area contributed by atoms with Crippen LogP contribution in [0.4, 0.5) is 0 Å². The van der Waals surface area contributed by atoms with Crippen LogP contribution in [0.2, 0.25) is 0 Å². The number of hydrogen-bond donors (Lipinski definition) is 0. The summed E-state index contributed by atoms with van der Waals surface area (Å²) >= 11 is 0. The zero-order valence-electron chi connectivity index (χ0n) is 19.0. The molecule has 6 nitrogen and oxygen atoms in total. The molecule has 0 bridgehead atoms. The topological polar surface area (TPSA) is 62.6 Å². The van der Waals surface area contributed by atoms with Crippen molar-refractivity contribution in [3.63, 3.8) is 0 Å².